The molecule has 0 atom stereocenters. The summed E-state index contributed by atoms with van der Waals surface area (Å²) in [5, 5.41) is 22.7. The summed E-state index contributed by atoms with van der Waals surface area (Å²) in [5.41, 5.74) is 3.80. The van der Waals surface area contributed by atoms with Crippen molar-refractivity contribution in [3.8, 4) is 17.2 Å². The number of nitrogens with one attached hydrogen (secondary N) is 1. The molecule has 1 amide bonds. The summed E-state index contributed by atoms with van der Waals surface area (Å²) in [6.45, 7) is 1.86. The van der Waals surface area contributed by atoms with Gasteiger partial charge in [-0.15, -0.1) is 10.2 Å². The number of phenolic OH excluding ortho intramolecular Hbond substituents is 1. The van der Waals surface area contributed by atoms with Gasteiger partial charge in [-0.25, -0.2) is 5.43 Å². The molecule has 9 heteroatoms. The number of hydrazone groups is 1. The standard InChI is InChI=1S/C19H19N5O3S/c1-13-21-23-19(24(13)15-8-4-3-5-9-15)28-12-17(25)22-20-11-14-7-6-10-16(27-2)18(14)26/h3-11,26H,12H2,1-2H3,(H,22,25)/b20-11-. The van der Waals surface area contributed by atoms with E-state index in [9.17, 15) is 9.90 Å². The molecule has 8 nitrogen and oxygen atoms in total. The predicted octanol–water partition coefficient (Wildman–Crippen LogP) is 2.53. The van der Waals surface area contributed by atoms with Crippen molar-refractivity contribution >= 4 is 23.9 Å². The molecule has 0 radical (unpaired) electrons. The molecular formula is C19H19N5O3S. The van der Waals surface area contributed by atoms with E-state index in [1.165, 1.54) is 25.1 Å². The van der Waals surface area contributed by atoms with Crippen molar-refractivity contribution in [2.24, 2.45) is 5.10 Å². The SMILES string of the molecule is COc1cccc(/C=N\NC(=O)CSc2nnc(C)n2-c2ccccc2)c1O. The molecule has 0 aliphatic heterocycles. The summed E-state index contributed by atoms with van der Waals surface area (Å²) < 4.78 is 6.92. The maximum absolute atomic E-state index is 12.1. The Labute approximate surface area is 166 Å². The zero-order valence-electron chi connectivity index (χ0n) is 15.4. The molecule has 3 rings (SSSR count). The van der Waals surface area contributed by atoms with Gasteiger partial charge in [-0.1, -0.05) is 36.0 Å². The number of para-hydroxylation sites is 2. The summed E-state index contributed by atoms with van der Waals surface area (Å²) in [5.74, 6) is 0.849. The molecule has 0 saturated carbocycles. The summed E-state index contributed by atoms with van der Waals surface area (Å²) in [4.78, 5) is 12.1. The van der Waals surface area contributed by atoms with Crippen LogP contribution in [-0.4, -0.2) is 44.9 Å². The number of amides is 1. The van der Waals surface area contributed by atoms with E-state index < -0.39 is 0 Å². The highest BCUT2D eigenvalue weighted by Gasteiger charge is 2.13. The third kappa shape index (κ3) is 4.49. The van der Waals surface area contributed by atoms with E-state index >= 15 is 0 Å². The van der Waals surface area contributed by atoms with Crippen LogP contribution < -0.4 is 10.2 Å². The number of aromatic nitrogens is 3. The topological polar surface area (TPSA) is 102 Å². The molecule has 0 saturated heterocycles. The molecule has 2 N–H and O–H groups in total. The Morgan fingerprint density at radius 3 is 2.79 bits per heavy atom. The molecule has 0 aliphatic rings. The van der Waals surface area contributed by atoms with Crippen LogP contribution in [-0.2, 0) is 4.79 Å². The van der Waals surface area contributed by atoms with Crippen LogP contribution in [0.15, 0.2) is 58.8 Å². The molecule has 0 aliphatic carbocycles. The summed E-state index contributed by atoms with van der Waals surface area (Å²) >= 11 is 1.26. The summed E-state index contributed by atoms with van der Waals surface area (Å²) in [6, 6.07) is 14.7. The van der Waals surface area contributed by atoms with Gasteiger partial charge < -0.3 is 9.84 Å². The lowest BCUT2D eigenvalue weighted by atomic mass is 10.2. The first-order valence-electron chi connectivity index (χ1n) is 8.38. The van der Waals surface area contributed by atoms with Crippen LogP contribution in [0.25, 0.3) is 5.69 Å². The van der Waals surface area contributed by atoms with Crippen molar-refractivity contribution in [2.45, 2.75) is 12.1 Å². The Hall–Kier alpha value is -3.33. The zero-order chi connectivity index (χ0) is 19.9. The lowest BCUT2D eigenvalue weighted by Gasteiger charge is -2.07. The van der Waals surface area contributed by atoms with Gasteiger partial charge in [-0.05, 0) is 31.2 Å². The van der Waals surface area contributed by atoms with Crippen LogP contribution >= 0.6 is 11.8 Å². The molecule has 0 unspecified atom stereocenters. The van der Waals surface area contributed by atoms with E-state index in [2.05, 4.69) is 20.7 Å². The van der Waals surface area contributed by atoms with Gasteiger partial charge in [-0.3, -0.25) is 9.36 Å². The van der Waals surface area contributed by atoms with Crippen molar-refractivity contribution in [3.05, 3.63) is 59.9 Å². The highest BCUT2D eigenvalue weighted by Crippen LogP contribution is 2.28. The minimum atomic E-state index is -0.302. The fraction of sp³-hybridized carbons (Fsp3) is 0.158. The lowest BCUT2D eigenvalue weighted by Crippen LogP contribution is -2.20. The molecule has 0 spiro atoms. The van der Waals surface area contributed by atoms with E-state index in [0.717, 1.165) is 11.5 Å². The van der Waals surface area contributed by atoms with Gasteiger partial charge in [0.15, 0.2) is 16.7 Å². The molecular weight excluding hydrogens is 378 g/mol. The van der Waals surface area contributed by atoms with Crippen molar-refractivity contribution in [3.63, 3.8) is 0 Å². The van der Waals surface area contributed by atoms with Gasteiger partial charge in [0, 0.05) is 11.3 Å². The van der Waals surface area contributed by atoms with E-state index in [-0.39, 0.29) is 17.4 Å². The molecule has 1 aromatic heterocycles. The number of thioether (sulfide) groups is 1. The number of aryl methyl sites for hydroxylation is 1. The number of aromatic hydroxyl groups is 1. The van der Waals surface area contributed by atoms with Crippen LogP contribution in [0, 0.1) is 6.92 Å². The van der Waals surface area contributed by atoms with Crippen LogP contribution in [0.4, 0.5) is 0 Å². The highest BCUT2D eigenvalue weighted by atomic mass is 32.2. The van der Waals surface area contributed by atoms with Crippen LogP contribution in [0.3, 0.4) is 0 Å². The Kier molecular flexibility index (Phi) is 6.28. The van der Waals surface area contributed by atoms with Crippen molar-refractivity contribution in [1.29, 1.82) is 0 Å². The van der Waals surface area contributed by atoms with Crippen molar-refractivity contribution < 1.29 is 14.6 Å². The van der Waals surface area contributed by atoms with Gasteiger partial charge >= 0.3 is 0 Å². The van der Waals surface area contributed by atoms with E-state index in [1.807, 2.05) is 41.8 Å². The normalized spacial score (nSPS) is 10.9. The molecule has 28 heavy (non-hydrogen) atoms. The molecule has 0 bridgehead atoms. The van der Waals surface area contributed by atoms with E-state index in [1.54, 1.807) is 18.2 Å². The van der Waals surface area contributed by atoms with Crippen LogP contribution in [0.1, 0.15) is 11.4 Å². The number of rotatable bonds is 7. The van der Waals surface area contributed by atoms with Gasteiger partial charge in [0.1, 0.15) is 5.82 Å². The molecule has 2 aromatic carbocycles. The Balaban J connectivity index is 1.60. The largest absolute Gasteiger partial charge is 0.504 e. The Morgan fingerprint density at radius 2 is 2.04 bits per heavy atom. The quantitative estimate of drug-likeness (QED) is 0.361. The third-order valence-corrected chi connectivity index (χ3v) is 4.71. The minimum absolute atomic E-state index is 0.0381. The molecule has 3 aromatic rings. The van der Waals surface area contributed by atoms with Crippen molar-refractivity contribution in [1.82, 2.24) is 20.2 Å². The highest BCUT2D eigenvalue weighted by molar-refractivity contribution is 7.99. The van der Waals surface area contributed by atoms with E-state index in [4.69, 9.17) is 4.74 Å². The average molecular weight is 397 g/mol. The third-order valence-electron chi connectivity index (χ3n) is 3.78. The number of phenols is 1. The fourth-order valence-electron chi connectivity index (χ4n) is 2.46. The minimum Gasteiger partial charge on any atom is -0.504 e. The van der Waals surface area contributed by atoms with Crippen molar-refractivity contribution in [2.75, 3.05) is 12.9 Å². The maximum Gasteiger partial charge on any atom is 0.250 e. The monoisotopic (exact) mass is 397 g/mol. The number of ether oxygens (including phenoxy) is 1. The summed E-state index contributed by atoms with van der Waals surface area (Å²) in [6.07, 6.45) is 1.36. The second-order valence-corrected chi connectivity index (χ2v) is 6.62. The first-order valence-corrected chi connectivity index (χ1v) is 9.37. The number of carbonyl (C=O) groups is 1. The number of benzene rings is 2. The van der Waals surface area contributed by atoms with Gasteiger partial charge in [0.05, 0.1) is 19.1 Å². The Bertz CT molecular complexity index is 988. The van der Waals surface area contributed by atoms with Gasteiger partial charge in [0.25, 0.3) is 5.91 Å². The van der Waals surface area contributed by atoms with Crippen LogP contribution in [0.2, 0.25) is 0 Å². The first kappa shape index (κ1) is 19.4. The predicted molar refractivity (Wildman–Crippen MR) is 107 cm³/mol. The zero-order valence-corrected chi connectivity index (χ0v) is 16.2. The number of nitrogens with zero attached hydrogens (tertiary/aromatic N) is 4. The number of carbonyl (C=O) groups excluding carboxylic acids is 1. The number of hydrogen-bond donors (Lipinski definition) is 2. The second-order valence-electron chi connectivity index (χ2n) is 5.68. The number of hydrogen-bond acceptors (Lipinski definition) is 7. The smallest absolute Gasteiger partial charge is 0.250 e. The number of methoxy groups -OCH3 is 1. The fourth-order valence-corrected chi connectivity index (χ4v) is 3.25. The molecule has 0 fully saturated rings. The molecule has 1 heterocycles. The average Bonchev–Trinajstić information content (AvgIpc) is 3.09. The lowest BCUT2D eigenvalue weighted by molar-refractivity contribution is -0.118. The molecule has 144 valence electrons. The van der Waals surface area contributed by atoms with Gasteiger partial charge in [-0.2, -0.15) is 5.10 Å². The first-order chi connectivity index (χ1) is 13.6. The van der Waals surface area contributed by atoms with Gasteiger partial charge in [0.2, 0.25) is 0 Å². The van der Waals surface area contributed by atoms with E-state index in [0.29, 0.717) is 16.5 Å². The van der Waals surface area contributed by atoms with Crippen LogP contribution in [0.5, 0.6) is 11.5 Å². The second kappa shape index (κ2) is 9.05. The summed E-state index contributed by atoms with van der Waals surface area (Å²) in [7, 11) is 1.46. The maximum atomic E-state index is 12.1. The Morgan fingerprint density at radius 1 is 1.25 bits per heavy atom.